The first-order valence-electron chi connectivity index (χ1n) is 9.91. The van der Waals surface area contributed by atoms with Crippen molar-refractivity contribution in [1.82, 2.24) is 9.97 Å². The number of benzene rings is 1. The zero-order valence-corrected chi connectivity index (χ0v) is 19.1. The molecule has 0 saturated heterocycles. The fourth-order valence-electron chi connectivity index (χ4n) is 3.61. The van der Waals surface area contributed by atoms with Crippen LogP contribution < -0.4 is 10.2 Å². The molecule has 1 atom stereocenters. The van der Waals surface area contributed by atoms with Gasteiger partial charge in [-0.2, -0.15) is 0 Å². The van der Waals surface area contributed by atoms with Gasteiger partial charge in [-0.1, -0.05) is 23.5 Å². The van der Waals surface area contributed by atoms with Crippen molar-refractivity contribution in [3.8, 4) is 0 Å². The van der Waals surface area contributed by atoms with Gasteiger partial charge in [0.2, 0.25) is 5.91 Å². The van der Waals surface area contributed by atoms with Crippen LogP contribution in [0.3, 0.4) is 0 Å². The Hall–Kier alpha value is -2.52. The molecule has 0 bridgehead atoms. The summed E-state index contributed by atoms with van der Waals surface area (Å²) in [6.07, 6.45) is 1.51. The van der Waals surface area contributed by atoms with E-state index in [9.17, 15) is 9.59 Å². The predicted octanol–water partition coefficient (Wildman–Crippen LogP) is 4.04. The van der Waals surface area contributed by atoms with E-state index in [4.69, 9.17) is 9.72 Å². The second kappa shape index (κ2) is 8.31. The van der Waals surface area contributed by atoms with Gasteiger partial charge >= 0.3 is 5.97 Å². The molecule has 7 nitrogen and oxygen atoms in total. The number of nitrogens with one attached hydrogen (secondary N) is 1. The molecule has 0 radical (unpaired) electrons. The van der Waals surface area contributed by atoms with E-state index in [1.807, 2.05) is 18.9 Å². The van der Waals surface area contributed by atoms with Gasteiger partial charge in [0.25, 0.3) is 0 Å². The van der Waals surface area contributed by atoms with E-state index < -0.39 is 0 Å². The van der Waals surface area contributed by atoms with E-state index in [2.05, 4.69) is 29.4 Å². The maximum Gasteiger partial charge on any atom is 0.315 e. The number of aryl methyl sites for hydroxylation is 3. The number of hydrogen-bond acceptors (Lipinski definition) is 8. The van der Waals surface area contributed by atoms with Crippen LogP contribution in [0.15, 0.2) is 12.1 Å². The number of hydrogen-bond donors (Lipinski definition) is 1. The highest BCUT2D eigenvalue weighted by atomic mass is 32.1. The third kappa shape index (κ3) is 3.91. The molecule has 1 amide bonds. The summed E-state index contributed by atoms with van der Waals surface area (Å²) in [4.78, 5) is 36.8. The third-order valence-electron chi connectivity index (χ3n) is 5.17. The number of esters is 1. The lowest BCUT2D eigenvalue weighted by atomic mass is 10.1. The lowest BCUT2D eigenvalue weighted by molar-refractivity contribution is -0.145. The molecule has 3 aromatic rings. The summed E-state index contributed by atoms with van der Waals surface area (Å²) in [7, 11) is 1.86. The van der Waals surface area contributed by atoms with Crippen molar-refractivity contribution < 1.29 is 14.3 Å². The number of anilines is 2. The highest BCUT2D eigenvalue weighted by Crippen LogP contribution is 2.39. The number of nitrogens with zero attached hydrogens (tertiary/aromatic N) is 3. The zero-order valence-electron chi connectivity index (χ0n) is 17.4. The van der Waals surface area contributed by atoms with E-state index in [0.29, 0.717) is 11.7 Å². The van der Waals surface area contributed by atoms with Crippen molar-refractivity contribution in [1.29, 1.82) is 0 Å². The van der Waals surface area contributed by atoms with Gasteiger partial charge in [-0.25, -0.2) is 9.97 Å². The Bertz CT molecular complexity index is 1080. The molecule has 1 aliphatic rings. The minimum atomic E-state index is -0.321. The predicted molar refractivity (Wildman–Crippen MR) is 121 cm³/mol. The maximum atomic E-state index is 12.6. The smallest absolute Gasteiger partial charge is 0.315 e. The average molecular weight is 445 g/mol. The summed E-state index contributed by atoms with van der Waals surface area (Å²) in [5, 5.41) is 4.21. The first-order chi connectivity index (χ1) is 14.4. The molecule has 0 aliphatic heterocycles. The number of aromatic nitrogens is 2. The van der Waals surface area contributed by atoms with E-state index in [-0.39, 0.29) is 24.3 Å². The molecule has 1 unspecified atom stereocenters. The molecule has 0 saturated carbocycles. The summed E-state index contributed by atoms with van der Waals surface area (Å²) < 4.78 is 6.29. The van der Waals surface area contributed by atoms with Crippen LogP contribution in [0, 0.1) is 13.8 Å². The number of fused-ring (bicyclic) bond motifs is 2. The molecule has 158 valence electrons. The first-order valence-corrected chi connectivity index (χ1v) is 11.5. The van der Waals surface area contributed by atoms with Gasteiger partial charge in [0.15, 0.2) is 10.3 Å². The monoisotopic (exact) mass is 444 g/mol. The molecule has 1 aromatic carbocycles. The van der Waals surface area contributed by atoms with Crippen molar-refractivity contribution in [2.75, 3.05) is 30.4 Å². The highest BCUT2D eigenvalue weighted by molar-refractivity contribution is 7.22. The van der Waals surface area contributed by atoms with E-state index in [1.54, 1.807) is 18.3 Å². The van der Waals surface area contributed by atoms with Crippen LogP contribution in [0.25, 0.3) is 10.2 Å². The molecule has 1 aliphatic carbocycles. The fraction of sp³-hybridized carbons (Fsp3) is 0.429. The Morgan fingerprint density at radius 1 is 1.23 bits per heavy atom. The Labute approximate surface area is 183 Å². The molecule has 0 fully saturated rings. The largest absolute Gasteiger partial charge is 0.465 e. The summed E-state index contributed by atoms with van der Waals surface area (Å²) in [5.41, 5.74) is 4.05. The van der Waals surface area contributed by atoms with Crippen molar-refractivity contribution in [2.24, 2.45) is 0 Å². The number of carbonyl (C=O) groups is 2. The van der Waals surface area contributed by atoms with Crippen LogP contribution >= 0.6 is 22.7 Å². The Kier molecular flexibility index (Phi) is 5.75. The fourth-order valence-corrected chi connectivity index (χ4v) is 5.73. The van der Waals surface area contributed by atoms with Crippen molar-refractivity contribution in [3.05, 3.63) is 33.8 Å². The van der Waals surface area contributed by atoms with Gasteiger partial charge in [0.1, 0.15) is 5.92 Å². The summed E-state index contributed by atoms with van der Waals surface area (Å²) in [6.45, 7) is 6.44. The van der Waals surface area contributed by atoms with Crippen molar-refractivity contribution >= 4 is 55.0 Å². The van der Waals surface area contributed by atoms with Gasteiger partial charge in [-0.3, -0.25) is 9.59 Å². The van der Waals surface area contributed by atoms with Crippen LogP contribution in [0.2, 0.25) is 0 Å². The van der Waals surface area contributed by atoms with E-state index in [0.717, 1.165) is 44.3 Å². The third-order valence-corrected chi connectivity index (χ3v) is 7.52. The molecule has 2 heterocycles. The average Bonchev–Trinajstić information content (AvgIpc) is 3.39. The molecular weight excluding hydrogens is 420 g/mol. The minimum absolute atomic E-state index is 0.162. The minimum Gasteiger partial charge on any atom is -0.465 e. The van der Waals surface area contributed by atoms with Crippen LogP contribution in [-0.4, -0.2) is 42.0 Å². The molecule has 30 heavy (non-hydrogen) atoms. The second-order valence-corrected chi connectivity index (χ2v) is 9.51. The Morgan fingerprint density at radius 2 is 2.00 bits per heavy atom. The SMILES string of the molecule is CCOC(=O)C1CCc2sc(NC(=O)CN(C)c3nc4c(C)ccc(C)c4s3)nc21. The number of likely N-dealkylation sites (N-methyl/N-ethyl adjacent to an activating group) is 1. The van der Waals surface area contributed by atoms with Gasteiger partial charge in [-0.05, 0) is 44.7 Å². The zero-order chi connectivity index (χ0) is 21.4. The molecule has 1 N–H and O–H groups in total. The molecular formula is C21H24N4O3S2. The van der Waals surface area contributed by atoms with Crippen LogP contribution in [0.5, 0.6) is 0 Å². The highest BCUT2D eigenvalue weighted by Gasteiger charge is 2.33. The van der Waals surface area contributed by atoms with Crippen LogP contribution in [-0.2, 0) is 20.7 Å². The number of thiazole rings is 2. The molecule has 2 aromatic heterocycles. The first kappa shape index (κ1) is 20.7. The van der Waals surface area contributed by atoms with Gasteiger partial charge in [0, 0.05) is 11.9 Å². The number of carbonyl (C=O) groups excluding carboxylic acids is 2. The summed E-state index contributed by atoms with van der Waals surface area (Å²) in [6, 6.07) is 4.16. The number of rotatable bonds is 6. The number of amides is 1. The normalized spacial score (nSPS) is 15.3. The standard InChI is InChI=1S/C21H24N4O3S2/c1-5-28-19(27)13-8-9-14-17(13)23-20(29-14)22-15(26)10-25(4)21-24-16-11(2)6-7-12(3)18(16)30-21/h6-7,13H,5,8-10H2,1-4H3,(H,22,23,26). The molecule has 4 rings (SSSR count). The van der Waals surface area contributed by atoms with Crippen LogP contribution in [0.4, 0.5) is 10.3 Å². The van der Waals surface area contributed by atoms with Gasteiger partial charge in [-0.15, -0.1) is 11.3 Å². The molecule has 9 heteroatoms. The van der Waals surface area contributed by atoms with Crippen molar-refractivity contribution in [3.63, 3.8) is 0 Å². The van der Waals surface area contributed by atoms with Crippen molar-refractivity contribution in [2.45, 2.75) is 39.5 Å². The van der Waals surface area contributed by atoms with Gasteiger partial charge < -0.3 is 15.0 Å². The maximum absolute atomic E-state index is 12.6. The number of ether oxygens (including phenoxy) is 1. The Morgan fingerprint density at radius 3 is 2.73 bits per heavy atom. The lowest BCUT2D eigenvalue weighted by Gasteiger charge is -2.14. The second-order valence-electron chi connectivity index (χ2n) is 7.45. The summed E-state index contributed by atoms with van der Waals surface area (Å²) in [5.74, 6) is -0.718. The lowest BCUT2D eigenvalue weighted by Crippen LogP contribution is -2.30. The van der Waals surface area contributed by atoms with Crippen LogP contribution in [0.1, 0.15) is 41.0 Å². The summed E-state index contributed by atoms with van der Waals surface area (Å²) >= 11 is 3.03. The van der Waals surface area contributed by atoms with E-state index >= 15 is 0 Å². The Balaban J connectivity index is 1.43. The topological polar surface area (TPSA) is 84.4 Å². The van der Waals surface area contributed by atoms with Gasteiger partial charge in [0.05, 0.1) is 29.1 Å². The van der Waals surface area contributed by atoms with E-state index in [1.165, 1.54) is 16.9 Å². The quantitative estimate of drug-likeness (QED) is 0.578. The molecule has 0 spiro atoms.